The fourth-order valence-electron chi connectivity index (χ4n) is 4.30. The number of benzene rings is 2. The topological polar surface area (TPSA) is 94.8 Å². The first kappa shape index (κ1) is 24.5. The Bertz CT molecular complexity index is 1000. The minimum atomic E-state index is -0.901. The van der Waals surface area contributed by atoms with E-state index in [-0.39, 0.29) is 24.5 Å². The number of carboxylic acid groups (broad SMARTS) is 1. The van der Waals surface area contributed by atoms with Crippen LogP contribution in [0, 0.1) is 17.1 Å². The number of nitrogens with one attached hydrogen (secondary N) is 1. The van der Waals surface area contributed by atoms with Crippen LogP contribution in [0.25, 0.3) is 0 Å². The maximum atomic E-state index is 14.3. The van der Waals surface area contributed by atoms with E-state index in [1.54, 1.807) is 13.2 Å². The van der Waals surface area contributed by atoms with E-state index in [4.69, 9.17) is 14.7 Å². The highest BCUT2D eigenvalue weighted by atomic mass is 19.1. The highest BCUT2D eigenvalue weighted by Gasteiger charge is 2.24. The summed E-state index contributed by atoms with van der Waals surface area (Å²) < 4.78 is 25.0. The molecule has 1 unspecified atom stereocenters. The van der Waals surface area contributed by atoms with Crippen LogP contribution in [0.5, 0.6) is 0 Å². The molecule has 7 nitrogen and oxygen atoms in total. The van der Waals surface area contributed by atoms with Crippen LogP contribution in [0.1, 0.15) is 43.2 Å². The largest absolute Gasteiger partial charge is 0.481 e. The predicted octanol–water partition coefficient (Wildman–Crippen LogP) is 4.65. The molecule has 176 valence electrons. The SMILES string of the molecule is CCN(c1ccc(C(COC)CC(=O)O)cc1Nc1ccc(C#N)c(F)c1)C1CCOCC1. The number of hydrogen-bond acceptors (Lipinski definition) is 6. The summed E-state index contributed by atoms with van der Waals surface area (Å²) in [7, 11) is 1.55. The standard InChI is InChI=1S/C25H30FN3O4/c1-3-29(21-8-10-33-11-9-21)24-7-5-17(19(16-32-2)13-25(30)31)12-23(24)28-20-6-4-18(15-27)22(26)14-20/h4-7,12,14,19,21,28H,3,8-11,13,16H2,1-2H3,(H,30,31). The zero-order valence-electron chi connectivity index (χ0n) is 19.0. The molecule has 0 radical (unpaired) electrons. The van der Waals surface area contributed by atoms with Crippen molar-refractivity contribution in [3.05, 3.63) is 53.3 Å². The molecule has 3 rings (SSSR count). The molecule has 33 heavy (non-hydrogen) atoms. The van der Waals surface area contributed by atoms with Crippen molar-refractivity contribution >= 4 is 23.0 Å². The average molecular weight is 456 g/mol. The Hall–Kier alpha value is -3.15. The number of rotatable bonds is 10. The van der Waals surface area contributed by atoms with E-state index in [9.17, 15) is 14.3 Å². The maximum absolute atomic E-state index is 14.3. The van der Waals surface area contributed by atoms with Crippen molar-refractivity contribution in [3.63, 3.8) is 0 Å². The molecule has 1 aliphatic heterocycles. The highest BCUT2D eigenvalue weighted by Crippen LogP contribution is 2.36. The van der Waals surface area contributed by atoms with Gasteiger partial charge in [-0.3, -0.25) is 4.79 Å². The lowest BCUT2D eigenvalue weighted by Gasteiger charge is -2.37. The van der Waals surface area contributed by atoms with Crippen LogP contribution >= 0.6 is 0 Å². The molecular weight excluding hydrogens is 425 g/mol. The van der Waals surface area contributed by atoms with Crippen molar-refractivity contribution < 1.29 is 23.8 Å². The van der Waals surface area contributed by atoms with Gasteiger partial charge in [0.2, 0.25) is 0 Å². The smallest absolute Gasteiger partial charge is 0.304 e. The molecule has 2 aromatic carbocycles. The molecular formula is C25H30FN3O4. The minimum Gasteiger partial charge on any atom is -0.481 e. The number of carboxylic acids is 1. The van der Waals surface area contributed by atoms with Gasteiger partial charge in [-0.25, -0.2) is 4.39 Å². The Morgan fingerprint density at radius 1 is 1.33 bits per heavy atom. The lowest BCUT2D eigenvalue weighted by molar-refractivity contribution is -0.137. The van der Waals surface area contributed by atoms with Gasteiger partial charge in [0.05, 0.1) is 30.0 Å². The summed E-state index contributed by atoms with van der Waals surface area (Å²) in [6.07, 6.45) is 1.76. The molecule has 8 heteroatoms. The summed E-state index contributed by atoms with van der Waals surface area (Å²) >= 11 is 0. The highest BCUT2D eigenvalue weighted by molar-refractivity contribution is 5.77. The molecule has 1 aliphatic rings. The van der Waals surface area contributed by atoms with Crippen molar-refractivity contribution in [2.45, 2.75) is 38.1 Å². The van der Waals surface area contributed by atoms with Crippen molar-refractivity contribution in [1.29, 1.82) is 5.26 Å². The summed E-state index contributed by atoms with van der Waals surface area (Å²) in [5.74, 6) is -1.82. The van der Waals surface area contributed by atoms with E-state index >= 15 is 0 Å². The molecule has 1 saturated heterocycles. The number of nitrogens with zero attached hydrogens (tertiary/aromatic N) is 2. The number of nitriles is 1. The van der Waals surface area contributed by atoms with E-state index < -0.39 is 11.8 Å². The van der Waals surface area contributed by atoms with Gasteiger partial charge in [0.15, 0.2) is 0 Å². The minimum absolute atomic E-state index is 0.0199. The van der Waals surface area contributed by atoms with E-state index in [1.165, 1.54) is 12.1 Å². The number of anilines is 3. The summed E-state index contributed by atoms with van der Waals surface area (Å²) in [6, 6.07) is 12.4. The van der Waals surface area contributed by atoms with Gasteiger partial charge in [0, 0.05) is 44.5 Å². The molecule has 0 spiro atoms. The maximum Gasteiger partial charge on any atom is 0.304 e. The quantitative estimate of drug-likeness (QED) is 0.538. The molecule has 0 aliphatic carbocycles. The number of halogens is 1. The second kappa shape index (κ2) is 11.6. The van der Waals surface area contributed by atoms with Crippen molar-refractivity contribution in [2.24, 2.45) is 0 Å². The number of methoxy groups -OCH3 is 1. The van der Waals surface area contributed by atoms with Crippen molar-refractivity contribution in [1.82, 2.24) is 0 Å². The van der Waals surface area contributed by atoms with E-state index in [2.05, 4.69) is 17.1 Å². The van der Waals surface area contributed by atoms with Crippen LogP contribution in [0.15, 0.2) is 36.4 Å². The van der Waals surface area contributed by atoms with Crippen molar-refractivity contribution in [2.75, 3.05) is 43.7 Å². The summed E-state index contributed by atoms with van der Waals surface area (Å²) in [5, 5.41) is 21.7. The molecule has 1 heterocycles. The van der Waals surface area contributed by atoms with Gasteiger partial charge in [0.25, 0.3) is 0 Å². The Morgan fingerprint density at radius 3 is 2.70 bits per heavy atom. The van der Waals surface area contributed by atoms with E-state index in [0.717, 1.165) is 36.3 Å². The second-order valence-electron chi connectivity index (χ2n) is 8.09. The van der Waals surface area contributed by atoms with Gasteiger partial charge < -0.3 is 24.8 Å². The molecule has 1 fully saturated rings. The molecule has 2 N–H and O–H groups in total. The lowest BCUT2D eigenvalue weighted by Crippen LogP contribution is -2.39. The van der Waals surface area contributed by atoms with Gasteiger partial charge in [0.1, 0.15) is 11.9 Å². The summed E-state index contributed by atoms with van der Waals surface area (Å²) in [5.41, 5.74) is 3.01. The zero-order chi connectivity index (χ0) is 23.8. The third-order valence-electron chi connectivity index (χ3n) is 5.93. The number of ether oxygens (including phenoxy) is 2. The zero-order valence-corrected chi connectivity index (χ0v) is 19.0. The van der Waals surface area contributed by atoms with Gasteiger partial charge in [-0.05, 0) is 55.7 Å². The van der Waals surface area contributed by atoms with Crippen LogP contribution in [0.3, 0.4) is 0 Å². The number of carbonyl (C=O) groups is 1. The van der Waals surface area contributed by atoms with Crippen LogP contribution in [-0.2, 0) is 14.3 Å². The van der Waals surface area contributed by atoms with Crippen LogP contribution in [-0.4, -0.2) is 50.6 Å². The van der Waals surface area contributed by atoms with Gasteiger partial charge in [-0.2, -0.15) is 5.26 Å². The molecule has 0 saturated carbocycles. The molecule has 0 amide bonds. The second-order valence-corrected chi connectivity index (χ2v) is 8.09. The molecule has 0 bridgehead atoms. The summed E-state index contributed by atoms with van der Waals surface area (Å²) in [4.78, 5) is 13.7. The predicted molar refractivity (Wildman–Crippen MR) is 125 cm³/mol. The number of hydrogen-bond donors (Lipinski definition) is 2. The first-order chi connectivity index (χ1) is 16.0. The van der Waals surface area contributed by atoms with Crippen LogP contribution in [0.2, 0.25) is 0 Å². The normalized spacial score (nSPS) is 15.0. The Morgan fingerprint density at radius 2 is 2.09 bits per heavy atom. The van der Waals surface area contributed by atoms with E-state index in [1.807, 2.05) is 24.3 Å². The third-order valence-corrected chi connectivity index (χ3v) is 5.93. The van der Waals surface area contributed by atoms with Gasteiger partial charge in [-0.15, -0.1) is 0 Å². The van der Waals surface area contributed by atoms with E-state index in [0.29, 0.717) is 24.9 Å². The molecule has 2 aromatic rings. The van der Waals surface area contributed by atoms with Gasteiger partial charge >= 0.3 is 5.97 Å². The average Bonchev–Trinajstić information content (AvgIpc) is 2.81. The first-order valence-corrected chi connectivity index (χ1v) is 11.1. The fraction of sp³-hybridized carbons (Fsp3) is 0.440. The third kappa shape index (κ3) is 6.21. The Balaban J connectivity index is 2.02. The molecule has 1 atom stereocenters. The fourth-order valence-corrected chi connectivity index (χ4v) is 4.30. The van der Waals surface area contributed by atoms with Crippen LogP contribution in [0.4, 0.5) is 21.5 Å². The van der Waals surface area contributed by atoms with Crippen molar-refractivity contribution in [3.8, 4) is 6.07 Å². The Labute approximate surface area is 193 Å². The van der Waals surface area contributed by atoms with Crippen LogP contribution < -0.4 is 10.2 Å². The first-order valence-electron chi connectivity index (χ1n) is 11.1. The number of aliphatic carboxylic acids is 1. The lowest BCUT2D eigenvalue weighted by atomic mass is 9.94. The van der Waals surface area contributed by atoms with Gasteiger partial charge in [-0.1, -0.05) is 6.07 Å². The molecule has 0 aromatic heterocycles. The summed E-state index contributed by atoms with van der Waals surface area (Å²) in [6.45, 7) is 4.55. The monoisotopic (exact) mass is 455 g/mol. The Kier molecular flexibility index (Phi) is 8.64.